The topological polar surface area (TPSA) is 59.8 Å². The van der Waals surface area contributed by atoms with Crippen LogP contribution < -0.4 is 5.32 Å². The van der Waals surface area contributed by atoms with E-state index in [9.17, 15) is 4.79 Å². The van der Waals surface area contributed by atoms with Crippen molar-refractivity contribution in [2.75, 3.05) is 6.54 Å². The summed E-state index contributed by atoms with van der Waals surface area (Å²) in [6, 6.07) is 12.1. The Morgan fingerprint density at radius 1 is 1.16 bits per heavy atom. The first kappa shape index (κ1) is 17.1. The fourth-order valence-corrected chi connectivity index (χ4v) is 3.03. The predicted molar refractivity (Wildman–Crippen MR) is 99.3 cm³/mol. The summed E-state index contributed by atoms with van der Waals surface area (Å²) in [6.45, 7) is 3.58. The van der Waals surface area contributed by atoms with Crippen molar-refractivity contribution in [1.82, 2.24) is 19.9 Å². The number of hydrogen-bond donors (Lipinski definition) is 1. The Morgan fingerprint density at radius 2 is 2.04 bits per heavy atom. The molecule has 0 aliphatic heterocycles. The summed E-state index contributed by atoms with van der Waals surface area (Å²) >= 11 is 0. The molecule has 5 heteroatoms. The lowest BCUT2D eigenvalue weighted by Gasteiger charge is -2.08. The number of aromatic nitrogens is 3. The van der Waals surface area contributed by atoms with E-state index < -0.39 is 0 Å². The highest BCUT2D eigenvalue weighted by Crippen LogP contribution is 2.15. The molecule has 1 N–H and O–H groups in total. The number of imidazole rings is 1. The number of carbonyl (C=O) groups is 1. The number of nitrogens with zero attached hydrogens (tertiary/aromatic N) is 3. The molecule has 1 amide bonds. The zero-order valence-corrected chi connectivity index (χ0v) is 14.6. The van der Waals surface area contributed by atoms with Gasteiger partial charge in [-0.25, -0.2) is 4.98 Å². The Hall–Kier alpha value is -2.69. The van der Waals surface area contributed by atoms with Gasteiger partial charge in [0.25, 0.3) is 0 Å². The van der Waals surface area contributed by atoms with Gasteiger partial charge in [-0.05, 0) is 49.9 Å². The van der Waals surface area contributed by atoms with E-state index in [0.29, 0.717) is 13.0 Å². The van der Waals surface area contributed by atoms with E-state index in [2.05, 4.69) is 25.9 Å². The van der Waals surface area contributed by atoms with Crippen molar-refractivity contribution in [3.63, 3.8) is 0 Å². The van der Waals surface area contributed by atoms with Crippen molar-refractivity contribution in [3.8, 4) is 0 Å². The highest BCUT2D eigenvalue weighted by atomic mass is 16.1. The number of fused-ring (bicyclic) bond motifs is 1. The van der Waals surface area contributed by atoms with Crippen LogP contribution in [0.3, 0.4) is 0 Å². The van der Waals surface area contributed by atoms with Gasteiger partial charge in [0.05, 0.1) is 11.0 Å². The number of para-hydroxylation sites is 2. The predicted octanol–water partition coefficient (Wildman–Crippen LogP) is 3.27. The maximum absolute atomic E-state index is 11.9. The summed E-state index contributed by atoms with van der Waals surface area (Å²) < 4.78 is 2.21. The highest BCUT2D eigenvalue weighted by molar-refractivity contribution is 5.76. The lowest BCUT2D eigenvalue weighted by Crippen LogP contribution is -2.25. The van der Waals surface area contributed by atoms with Gasteiger partial charge in [-0.15, -0.1) is 0 Å². The lowest BCUT2D eigenvalue weighted by molar-refractivity contribution is -0.121. The second-order valence-corrected chi connectivity index (χ2v) is 6.22. The van der Waals surface area contributed by atoms with E-state index in [1.165, 1.54) is 5.56 Å². The second kappa shape index (κ2) is 8.42. The first-order chi connectivity index (χ1) is 12.2. The molecule has 0 bridgehead atoms. The number of hydrogen-bond acceptors (Lipinski definition) is 3. The minimum atomic E-state index is 0.121. The molecule has 130 valence electrons. The fraction of sp³-hybridized carbons (Fsp3) is 0.350. The molecule has 0 saturated carbocycles. The van der Waals surface area contributed by atoms with Crippen molar-refractivity contribution in [2.45, 2.75) is 39.2 Å². The van der Waals surface area contributed by atoms with Gasteiger partial charge in [0.1, 0.15) is 5.82 Å². The number of nitrogens with one attached hydrogen (secondary N) is 1. The summed E-state index contributed by atoms with van der Waals surface area (Å²) in [5.74, 6) is 1.14. The van der Waals surface area contributed by atoms with Gasteiger partial charge in [-0.2, -0.15) is 0 Å². The van der Waals surface area contributed by atoms with E-state index in [1.54, 1.807) is 6.20 Å². The van der Waals surface area contributed by atoms with Crippen molar-refractivity contribution >= 4 is 16.9 Å². The van der Waals surface area contributed by atoms with E-state index in [1.807, 2.05) is 43.5 Å². The number of rotatable bonds is 8. The molecule has 3 rings (SSSR count). The molecule has 0 radical (unpaired) electrons. The van der Waals surface area contributed by atoms with Crippen LogP contribution in [0.4, 0.5) is 0 Å². The largest absolute Gasteiger partial charge is 0.356 e. The molecule has 0 fully saturated rings. The molecule has 0 aliphatic rings. The minimum absolute atomic E-state index is 0.121. The third-order valence-corrected chi connectivity index (χ3v) is 4.32. The number of pyridine rings is 1. The molecule has 1 aromatic carbocycles. The Morgan fingerprint density at radius 3 is 2.88 bits per heavy atom. The van der Waals surface area contributed by atoms with Crippen LogP contribution in [0.15, 0.2) is 48.8 Å². The van der Waals surface area contributed by atoms with Crippen molar-refractivity contribution in [3.05, 3.63) is 60.2 Å². The van der Waals surface area contributed by atoms with Crippen LogP contribution in [0.1, 0.15) is 30.7 Å². The summed E-state index contributed by atoms with van der Waals surface area (Å²) in [6.07, 6.45) is 6.82. The molecule has 0 saturated heterocycles. The second-order valence-electron chi connectivity index (χ2n) is 6.22. The Labute approximate surface area is 148 Å². The molecule has 5 nitrogen and oxygen atoms in total. The first-order valence-electron chi connectivity index (χ1n) is 8.81. The number of carbonyl (C=O) groups excluding carboxylic acids is 1. The summed E-state index contributed by atoms with van der Waals surface area (Å²) in [5, 5.41) is 3.01. The quantitative estimate of drug-likeness (QED) is 0.642. The third kappa shape index (κ3) is 4.66. The SMILES string of the molecule is Cc1nc2ccccc2n1CCCNC(=O)CCCc1cccnc1. The number of aryl methyl sites for hydroxylation is 3. The van der Waals surface area contributed by atoms with Gasteiger partial charge in [-0.3, -0.25) is 9.78 Å². The first-order valence-corrected chi connectivity index (χ1v) is 8.81. The molecule has 0 aliphatic carbocycles. The van der Waals surface area contributed by atoms with Crippen molar-refractivity contribution < 1.29 is 4.79 Å². The molecule has 3 aromatic rings. The standard InChI is InChI=1S/C20H24N4O/c1-16-23-18-9-2-3-10-19(18)24(16)14-6-13-22-20(25)11-4-7-17-8-5-12-21-15-17/h2-3,5,8-10,12,15H,4,6-7,11,13-14H2,1H3,(H,22,25). The maximum Gasteiger partial charge on any atom is 0.220 e. The Bertz CT molecular complexity index is 826. The average Bonchev–Trinajstić information content (AvgIpc) is 2.95. The molecule has 0 spiro atoms. The molecule has 2 aromatic heterocycles. The van der Waals surface area contributed by atoms with Gasteiger partial charge in [0.15, 0.2) is 0 Å². The van der Waals surface area contributed by atoms with E-state index in [0.717, 1.165) is 42.7 Å². The van der Waals surface area contributed by atoms with Gasteiger partial charge >= 0.3 is 0 Å². The zero-order valence-electron chi connectivity index (χ0n) is 14.6. The van der Waals surface area contributed by atoms with Crippen LogP contribution in [-0.2, 0) is 17.8 Å². The normalized spacial score (nSPS) is 10.9. The van der Waals surface area contributed by atoms with E-state index >= 15 is 0 Å². The van der Waals surface area contributed by atoms with Crippen molar-refractivity contribution in [1.29, 1.82) is 0 Å². The van der Waals surface area contributed by atoms with Crippen molar-refractivity contribution in [2.24, 2.45) is 0 Å². The molecular formula is C20H24N4O. The zero-order chi connectivity index (χ0) is 17.5. The molecule has 0 unspecified atom stereocenters. The molecular weight excluding hydrogens is 312 g/mol. The summed E-state index contributed by atoms with van der Waals surface area (Å²) in [5.41, 5.74) is 3.36. The van der Waals surface area contributed by atoms with Crippen LogP contribution in [0.2, 0.25) is 0 Å². The van der Waals surface area contributed by atoms with Crippen LogP contribution in [-0.4, -0.2) is 27.0 Å². The lowest BCUT2D eigenvalue weighted by atomic mass is 10.1. The highest BCUT2D eigenvalue weighted by Gasteiger charge is 2.06. The van der Waals surface area contributed by atoms with Crippen LogP contribution in [0.25, 0.3) is 11.0 Å². The average molecular weight is 336 g/mol. The maximum atomic E-state index is 11.9. The van der Waals surface area contributed by atoms with Gasteiger partial charge < -0.3 is 9.88 Å². The van der Waals surface area contributed by atoms with Crippen LogP contribution in [0, 0.1) is 6.92 Å². The van der Waals surface area contributed by atoms with Gasteiger partial charge in [0.2, 0.25) is 5.91 Å². The van der Waals surface area contributed by atoms with Gasteiger partial charge in [0, 0.05) is 31.9 Å². The Balaban J connectivity index is 1.38. The van der Waals surface area contributed by atoms with Crippen LogP contribution in [0.5, 0.6) is 0 Å². The summed E-state index contributed by atoms with van der Waals surface area (Å²) in [4.78, 5) is 20.6. The molecule has 25 heavy (non-hydrogen) atoms. The fourth-order valence-electron chi connectivity index (χ4n) is 3.03. The monoisotopic (exact) mass is 336 g/mol. The number of benzene rings is 1. The molecule has 2 heterocycles. The Kier molecular flexibility index (Phi) is 5.77. The molecule has 0 atom stereocenters. The van der Waals surface area contributed by atoms with Gasteiger partial charge in [-0.1, -0.05) is 18.2 Å². The third-order valence-electron chi connectivity index (χ3n) is 4.32. The smallest absolute Gasteiger partial charge is 0.220 e. The van der Waals surface area contributed by atoms with Crippen LogP contribution >= 0.6 is 0 Å². The van der Waals surface area contributed by atoms with E-state index in [4.69, 9.17) is 0 Å². The minimum Gasteiger partial charge on any atom is -0.356 e. The summed E-state index contributed by atoms with van der Waals surface area (Å²) in [7, 11) is 0. The van der Waals surface area contributed by atoms with E-state index in [-0.39, 0.29) is 5.91 Å². The number of amides is 1.